The Bertz CT molecular complexity index is 182. The summed E-state index contributed by atoms with van der Waals surface area (Å²) in [7, 11) is 0. The summed E-state index contributed by atoms with van der Waals surface area (Å²) in [5.41, 5.74) is 6.31. The monoisotopic (exact) mass is 182 g/mol. The molecule has 2 nitrogen and oxygen atoms in total. The molecule has 0 aromatic carbocycles. The second-order valence-electron chi connectivity index (χ2n) is 5.63. The van der Waals surface area contributed by atoms with Gasteiger partial charge in [0.2, 0.25) is 0 Å². The largest absolute Gasteiger partial charge is 0.325 e. The molecule has 1 saturated carbocycles. The maximum absolute atomic E-state index is 6.17. The summed E-state index contributed by atoms with van der Waals surface area (Å²) in [5, 5.41) is 0. The van der Waals surface area contributed by atoms with Crippen LogP contribution < -0.4 is 5.73 Å². The van der Waals surface area contributed by atoms with Crippen molar-refractivity contribution in [3.05, 3.63) is 0 Å². The van der Waals surface area contributed by atoms with Gasteiger partial charge in [-0.1, -0.05) is 0 Å². The number of nitrogens with two attached hydrogens (primary N) is 1. The van der Waals surface area contributed by atoms with Gasteiger partial charge in [-0.05, 0) is 45.4 Å². The van der Waals surface area contributed by atoms with Crippen molar-refractivity contribution in [2.75, 3.05) is 13.1 Å². The molecule has 0 bridgehead atoms. The highest BCUT2D eigenvalue weighted by atomic mass is 15.2. The van der Waals surface area contributed by atoms with E-state index in [1.165, 1.54) is 25.9 Å². The Kier molecular flexibility index (Phi) is 2.16. The van der Waals surface area contributed by atoms with Gasteiger partial charge >= 0.3 is 0 Å². The number of fused-ring (bicyclic) bond motifs is 1. The van der Waals surface area contributed by atoms with Crippen LogP contribution in [0.3, 0.4) is 0 Å². The summed E-state index contributed by atoms with van der Waals surface area (Å²) in [5.74, 6) is 1.77. The molecule has 1 aliphatic heterocycles. The average Bonchev–Trinajstić information content (AvgIpc) is 2.39. The highest BCUT2D eigenvalue weighted by molar-refractivity contribution is 5.00. The van der Waals surface area contributed by atoms with Crippen molar-refractivity contribution in [1.29, 1.82) is 0 Å². The van der Waals surface area contributed by atoms with Crippen LogP contribution in [0.4, 0.5) is 0 Å². The molecule has 2 N–H and O–H groups in total. The van der Waals surface area contributed by atoms with E-state index in [-0.39, 0.29) is 5.54 Å². The molecular formula is C11H22N2. The van der Waals surface area contributed by atoms with E-state index in [0.717, 1.165) is 17.9 Å². The minimum Gasteiger partial charge on any atom is -0.325 e. The predicted molar refractivity (Wildman–Crippen MR) is 55.5 cm³/mol. The van der Waals surface area contributed by atoms with Crippen LogP contribution in [0.15, 0.2) is 0 Å². The Morgan fingerprint density at radius 2 is 1.69 bits per heavy atom. The predicted octanol–water partition coefficient (Wildman–Crippen LogP) is 1.45. The number of nitrogens with zero attached hydrogens (tertiary/aromatic N) is 1. The molecule has 0 aromatic heterocycles. The molecule has 2 fully saturated rings. The minimum atomic E-state index is 0.137. The molecule has 1 saturated heterocycles. The average molecular weight is 182 g/mol. The van der Waals surface area contributed by atoms with Gasteiger partial charge in [0.15, 0.2) is 0 Å². The van der Waals surface area contributed by atoms with Crippen molar-refractivity contribution in [3.63, 3.8) is 0 Å². The standard InChI is InChI=1S/C11H22N2/c1-8(2)13-6-9-4-11(3,12)5-10(9)7-13/h8-10H,4-7,12H2,1-3H3. The Hall–Kier alpha value is -0.0800. The fourth-order valence-electron chi connectivity index (χ4n) is 3.14. The van der Waals surface area contributed by atoms with Crippen LogP contribution in [-0.2, 0) is 0 Å². The maximum atomic E-state index is 6.17. The third-order valence-electron chi connectivity index (χ3n) is 3.79. The van der Waals surface area contributed by atoms with Gasteiger partial charge in [-0.25, -0.2) is 0 Å². The van der Waals surface area contributed by atoms with Gasteiger partial charge < -0.3 is 10.6 Å². The van der Waals surface area contributed by atoms with Crippen molar-refractivity contribution >= 4 is 0 Å². The highest BCUT2D eigenvalue weighted by Gasteiger charge is 2.44. The van der Waals surface area contributed by atoms with Gasteiger partial charge in [-0.15, -0.1) is 0 Å². The third-order valence-corrected chi connectivity index (χ3v) is 3.79. The molecule has 0 spiro atoms. The first-order chi connectivity index (χ1) is 5.98. The normalized spacial score (nSPS) is 45.9. The zero-order chi connectivity index (χ0) is 9.64. The quantitative estimate of drug-likeness (QED) is 0.665. The van der Waals surface area contributed by atoms with Gasteiger partial charge in [0.1, 0.15) is 0 Å². The second kappa shape index (κ2) is 2.96. The summed E-state index contributed by atoms with van der Waals surface area (Å²) in [6.07, 6.45) is 2.47. The topological polar surface area (TPSA) is 29.3 Å². The van der Waals surface area contributed by atoms with Gasteiger partial charge in [0, 0.05) is 24.7 Å². The zero-order valence-electron chi connectivity index (χ0n) is 9.09. The number of rotatable bonds is 1. The highest BCUT2D eigenvalue weighted by Crippen LogP contribution is 2.42. The number of hydrogen-bond donors (Lipinski definition) is 1. The van der Waals surface area contributed by atoms with Gasteiger partial charge in [0.25, 0.3) is 0 Å². The first-order valence-corrected chi connectivity index (χ1v) is 5.51. The fraction of sp³-hybridized carbons (Fsp3) is 1.00. The van der Waals surface area contributed by atoms with Crippen LogP contribution in [0.1, 0.15) is 33.6 Å². The molecule has 1 heterocycles. The smallest absolute Gasteiger partial charge is 0.0132 e. The van der Waals surface area contributed by atoms with E-state index < -0.39 is 0 Å². The van der Waals surface area contributed by atoms with Crippen LogP contribution >= 0.6 is 0 Å². The summed E-state index contributed by atoms with van der Waals surface area (Å²) in [6.45, 7) is 9.38. The Morgan fingerprint density at radius 1 is 1.23 bits per heavy atom. The van der Waals surface area contributed by atoms with E-state index in [1.54, 1.807) is 0 Å². The molecule has 0 radical (unpaired) electrons. The molecule has 76 valence electrons. The number of likely N-dealkylation sites (tertiary alicyclic amines) is 1. The Balaban J connectivity index is 1.97. The van der Waals surface area contributed by atoms with Crippen molar-refractivity contribution in [1.82, 2.24) is 4.90 Å². The van der Waals surface area contributed by atoms with E-state index in [4.69, 9.17) is 5.73 Å². The van der Waals surface area contributed by atoms with Crippen LogP contribution in [0, 0.1) is 11.8 Å². The van der Waals surface area contributed by atoms with E-state index in [0.29, 0.717) is 0 Å². The molecule has 2 unspecified atom stereocenters. The van der Waals surface area contributed by atoms with Crippen molar-refractivity contribution in [3.8, 4) is 0 Å². The minimum absolute atomic E-state index is 0.137. The van der Waals surface area contributed by atoms with Crippen molar-refractivity contribution in [2.24, 2.45) is 17.6 Å². The second-order valence-corrected chi connectivity index (χ2v) is 5.63. The summed E-state index contributed by atoms with van der Waals surface area (Å²) >= 11 is 0. The molecule has 2 rings (SSSR count). The lowest BCUT2D eigenvalue weighted by Crippen LogP contribution is -2.37. The summed E-state index contributed by atoms with van der Waals surface area (Å²) in [6, 6.07) is 0.717. The summed E-state index contributed by atoms with van der Waals surface area (Å²) in [4.78, 5) is 2.60. The first kappa shape index (κ1) is 9.47. The molecule has 1 aliphatic carbocycles. The molecule has 2 aliphatic rings. The van der Waals surface area contributed by atoms with Crippen LogP contribution in [0.5, 0.6) is 0 Å². The van der Waals surface area contributed by atoms with Crippen LogP contribution in [-0.4, -0.2) is 29.6 Å². The van der Waals surface area contributed by atoms with Crippen LogP contribution in [0.25, 0.3) is 0 Å². The fourth-order valence-corrected chi connectivity index (χ4v) is 3.14. The van der Waals surface area contributed by atoms with E-state index in [2.05, 4.69) is 25.7 Å². The third kappa shape index (κ3) is 1.75. The SMILES string of the molecule is CC(C)N1CC2CC(C)(N)CC2C1. The molecule has 13 heavy (non-hydrogen) atoms. The number of hydrogen-bond acceptors (Lipinski definition) is 2. The lowest BCUT2D eigenvalue weighted by atomic mass is 10.00. The van der Waals surface area contributed by atoms with E-state index in [9.17, 15) is 0 Å². The Labute approximate surface area is 81.5 Å². The maximum Gasteiger partial charge on any atom is 0.0132 e. The van der Waals surface area contributed by atoms with E-state index in [1.807, 2.05) is 0 Å². The lowest BCUT2D eigenvalue weighted by Gasteiger charge is -2.25. The van der Waals surface area contributed by atoms with Crippen molar-refractivity contribution < 1.29 is 0 Å². The summed E-state index contributed by atoms with van der Waals surface area (Å²) < 4.78 is 0. The van der Waals surface area contributed by atoms with Gasteiger partial charge in [0.05, 0.1) is 0 Å². The van der Waals surface area contributed by atoms with Crippen molar-refractivity contribution in [2.45, 2.75) is 45.2 Å². The Morgan fingerprint density at radius 3 is 2.08 bits per heavy atom. The lowest BCUT2D eigenvalue weighted by molar-refractivity contribution is 0.242. The van der Waals surface area contributed by atoms with Gasteiger partial charge in [-0.3, -0.25) is 0 Å². The molecule has 2 atom stereocenters. The van der Waals surface area contributed by atoms with E-state index >= 15 is 0 Å². The molecule has 2 heteroatoms. The molecular weight excluding hydrogens is 160 g/mol. The zero-order valence-corrected chi connectivity index (χ0v) is 9.09. The first-order valence-electron chi connectivity index (χ1n) is 5.51. The van der Waals surface area contributed by atoms with Gasteiger partial charge in [-0.2, -0.15) is 0 Å². The molecule has 0 aromatic rings. The molecule has 0 amide bonds. The van der Waals surface area contributed by atoms with Crippen LogP contribution in [0.2, 0.25) is 0 Å².